The molecule has 1 saturated carbocycles. The lowest BCUT2D eigenvalue weighted by Crippen LogP contribution is -3.11. The van der Waals surface area contributed by atoms with Gasteiger partial charge in [-0.2, -0.15) is 0 Å². The molecule has 1 aliphatic rings. The molecule has 0 heterocycles. The lowest BCUT2D eigenvalue weighted by molar-refractivity contribution is -0.894. The van der Waals surface area contributed by atoms with Crippen LogP contribution in [-0.4, -0.2) is 38.6 Å². The van der Waals surface area contributed by atoms with Crippen LogP contribution in [0.25, 0.3) is 0 Å². The van der Waals surface area contributed by atoms with Gasteiger partial charge in [0.25, 0.3) is 11.8 Å². The monoisotopic (exact) mass is 382 g/mol. The number of likely N-dealkylation sites (N-methyl/N-ethyl adjacent to an activating group) is 1. The number of quaternary nitrogens is 1. The van der Waals surface area contributed by atoms with E-state index in [1.807, 2.05) is 62.5 Å². The summed E-state index contributed by atoms with van der Waals surface area (Å²) in [7, 11) is 3.45. The second-order valence-electron chi connectivity index (χ2n) is 7.40. The highest BCUT2D eigenvalue weighted by Gasteiger charge is 2.32. The molecular formula is C22H28N3O3+. The maximum Gasteiger partial charge on any atom is 0.287 e. The Balaban J connectivity index is 1.80. The van der Waals surface area contributed by atoms with Crippen LogP contribution in [0, 0.1) is 6.92 Å². The fraction of sp³-hybridized carbons (Fsp3) is 0.364. The van der Waals surface area contributed by atoms with Crippen LogP contribution in [0.3, 0.4) is 0 Å². The smallest absolute Gasteiger partial charge is 0.287 e. The Kier molecular flexibility index (Phi) is 6.31. The molecule has 1 unspecified atom stereocenters. The largest absolute Gasteiger partial charge is 0.495 e. The molecule has 0 aliphatic heterocycles. The third kappa shape index (κ3) is 5.10. The van der Waals surface area contributed by atoms with Crippen LogP contribution < -0.4 is 20.3 Å². The van der Waals surface area contributed by atoms with E-state index in [1.165, 1.54) is 0 Å². The van der Waals surface area contributed by atoms with Crippen LogP contribution in [0.4, 0.5) is 5.69 Å². The third-order valence-electron chi connectivity index (χ3n) is 4.88. The van der Waals surface area contributed by atoms with Gasteiger partial charge in [-0.25, -0.2) is 0 Å². The van der Waals surface area contributed by atoms with Gasteiger partial charge in [0.05, 0.1) is 19.8 Å². The molecule has 3 rings (SSSR count). The summed E-state index contributed by atoms with van der Waals surface area (Å²) in [5.74, 6) is 0.406. The summed E-state index contributed by atoms with van der Waals surface area (Å²) in [5.41, 5.74) is 2.52. The first-order valence-electron chi connectivity index (χ1n) is 9.60. The standard InChI is InChI=1S/C22H27N3O3/c1-15-9-12-19(28-3)18(13-15)24-22(27)21(16-7-5-4-6-8-16)25(2)14-20(26)23-17-10-11-17/h4-9,12-13,17,21H,10-11,14H2,1-3H3,(H,23,26)(H,24,27)/p+1/t21-/m1/s1. The predicted octanol–water partition coefficient (Wildman–Crippen LogP) is 1.48. The fourth-order valence-electron chi connectivity index (χ4n) is 3.29. The quantitative estimate of drug-likeness (QED) is 0.648. The van der Waals surface area contributed by atoms with Crippen molar-refractivity contribution in [2.75, 3.05) is 26.0 Å². The van der Waals surface area contributed by atoms with Crippen molar-refractivity contribution in [3.63, 3.8) is 0 Å². The minimum absolute atomic E-state index is 0.0260. The van der Waals surface area contributed by atoms with Gasteiger partial charge < -0.3 is 20.3 Å². The summed E-state index contributed by atoms with van der Waals surface area (Å²) in [6.07, 6.45) is 2.08. The summed E-state index contributed by atoms with van der Waals surface area (Å²) < 4.78 is 5.38. The van der Waals surface area contributed by atoms with Crippen LogP contribution in [-0.2, 0) is 9.59 Å². The van der Waals surface area contributed by atoms with Crippen LogP contribution in [0.2, 0.25) is 0 Å². The lowest BCUT2D eigenvalue weighted by atomic mass is 10.0. The van der Waals surface area contributed by atoms with Gasteiger partial charge in [0.15, 0.2) is 12.6 Å². The average molecular weight is 382 g/mol. The first kappa shape index (κ1) is 19.9. The van der Waals surface area contributed by atoms with Crippen molar-refractivity contribution in [2.45, 2.75) is 31.8 Å². The molecule has 0 radical (unpaired) electrons. The number of aryl methyl sites for hydroxylation is 1. The molecule has 0 aromatic heterocycles. The highest BCUT2D eigenvalue weighted by Crippen LogP contribution is 2.26. The number of hydrogen-bond acceptors (Lipinski definition) is 3. The second kappa shape index (κ2) is 8.89. The van der Waals surface area contributed by atoms with Crippen molar-refractivity contribution in [1.82, 2.24) is 5.32 Å². The summed E-state index contributed by atoms with van der Waals surface area (Å²) in [6.45, 7) is 2.19. The lowest BCUT2D eigenvalue weighted by Gasteiger charge is -2.24. The van der Waals surface area contributed by atoms with Crippen molar-refractivity contribution in [3.05, 3.63) is 59.7 Å². The number of benzene rings is 2. The molecule has 148 valence electrons. The zero-order chi connectivity index (χ0) is 20.1. The maximum atomic E-state index is 13.2. The highest BCUT2D eigenvalue weighted by molar-refractivity contribution is 5.96. The molecule has 2 aromatic rings. The summed E-state index contributed by atoms with van der Waals surface area (Å²) >= 11 is 0. The highest BCUT2D eigenvalue weighted by atomic mass is 16.5. The van der Waals surface area contributed by atoms with Gasteiger partial charge in [-0.05, 0) is 37.5 Å². The first-order chi connectivity index (χ1) is 13.5. The van der Waals surface area contributed by atoms with E-state index >= 15 is 0 Å². The van der Waals surface area contributed by atoms with E-state index in [-0.39, 0.29) is 18.4 Å². The number of carbonyl (C=O) groups is 2. The van der Waals surface area contributed by atoms with Gasteiger partial charge in [-0.1, -0.05) is 36.4 Å². The summed E-state index contributed by atoms with van der Waals surface area (Å²) in [6, 6.07) is 15.0. The van der Waals surface area contributed by atoms with Crippen LogP contribution in [0.1, 0.15) is 30.0 Å². The summed E-state index contributed by atoms with van der Waals surface area (Å²) in [5, 5.41) is 5.99. The predicted molar refractivity (Wildman–Crippen MR) is 108 cm³/mol. The molecule has 0 spiro atoms. The zero-order valence-electron chi connectivity index (χ0n) is 16.6. The molecule has 1 aliphatic carbocycles. The fourth-order valence-corrected chi connectivity index (χ4v) is 3.29. The van der Waals surface area contributed by atoms with E-state index in [0.29, 0.717) is 17.5 Å². The average Bonchev–Trinajstić information content (AvgIpc) is 3.46. The molecule has 0 saturated heterocycles. The van der Waals surface area contributed by atoms with E-state index in [1.54, 1.807) is 7.11 Å². The Bertz CT molecular complexity index is 834. The van der Waals surface area contributed by atoms with Gasteiger partial charge in [0.1, 0.15) is 5.75 Å². The van der Waals surface area contributed by atoms with Crippen molar-refractivity contribution >= 4 is 17.5 Å². The van der Waals surface area contributed by atoms with Crippen molar-refractivity contribution in [2.24, 2.45) is 0 Å². The Morgan fingerprint density at radius 1 is 1.18 bits per heavy atom. The molecular weight excluding hydrogens is 354 g/mol. The number of amides is 2. The van der Waals surface area contributed by atoms with Gasteiger partial charge in [0, 0.05) is 11.6 Å². The van der Waals surface area contributed by atoms with Gasteiger partial charge in [-0.15, -0.1) is 0 Å². The van der Waals surface area contributed by atoms with Crippen LogP contribution >= 0.6 is 0 Å². The van der Waals surface area contributed by atoms with Crippen LogP contribution in [0.15, 0.2) is 48.5 Å². The molecule has 3 N–H and O–H groups in total. The SMILES string of the molecule is COc1ccc(C)cc1NC(=O)[C@@H](c1ccccc1)[NH+](C)CC(=O)NC1CC1. The Hall–Kier alpha value is -2.86. The second-order valence-corrected chi connectivity index (χ2v) is 7.40. The van der Waals surface area contributed by atoms with Gasteiger partial charge >= 0.3 is 0 Å². The first-order valence-corrected chi connectivity index (χ1v) is 9.60. The minimum atomic E-state index is -0.517. The van der Waals surface area contributed by atoms with Gasteiger partial charge in [-0.3, -0.25) is 9.59 Å². The molecule has 1 fully saturated rings. The molecule has 0 bridgehead atoms. The molecule has 6 heteroatoms. The van der Waals surface area contributed by atoms with Crippen molar-refractivity contribution in [3.8, 4) is 5.75 Å². The maximum absolute atomic E-state index is 13.2. The molecule has 2 amide bonds. The zero-order valence-corrected chi connectivity index (χ0v) is 16.6. The molecule has 2 aromatic carbocycles. The number of methoxy groups -OCH3 is 1. The number of rotatable bonds is 8. The third-order valence-corrected chi connectivity index (χ3v) is 4.88. The number of anilines is 1. The number of hydrogen-bond donors (Lipinski definition) is 3. The summed E-state index contributed by atoms with van der Waals surface area (Å²) in [4.78, 5) is 26.3. The number of carbonyl (C=O) groups excluding carboxylic acids is 2. The number of nitrogens with one attached hydrogen (secondary N) is 3. The molecule has 28 heavy (non-hydrogen) atoms. The number of ether oxygens (including phenoxy) is 1. The normalized spacial score (nSPS) is 15.4. The molecule has 2 atom stereocenters. The van der Waals surface area contributed by atoms with E-state index in [0.717, 1.165) is 28.9 Å². The van der Waals surface area contributed by atoms with Gasteiger partial charge in [0.2, 0.25) is 0 Å². The minimum Gasteiger partial charge on any atom is -0.495 e. The Morgan fingerprint density at radius 2 is 1.89 bits per heavy atom. The van der Waals surface area contributed by atoms with Crippen molar-refractivity contribution in [1.29, 1.82) is 0 Å². The van der Waals surface area contributed by atoms with Crippen LogP contribution in [0.5, 0.6) is 5.75 Å². The van der Waals surface area contributed by atoms with E-state index in [2.05, 4.69) is 10.6 Å². The van der Waals surface area contributed by atoms with E-state index in [9.17, 15) is 9.59 Å². The Labute approximate surface area is 165 Å². The van der Waals surface area contributed by atoms with E-state index < -0.39 is 6.04 Å². The van der Waals surface area contributed by atoms with Crippen molar-refractivity contribution < 1.29 is 19.2 Å². The topological polar surface area (TPSA) is 71.9 Å². The van der Waals surface area contributed by atoms with E-state index in [4.69, 9.17) is 4.74 Å². The molecule has 6 nitrogen and oxygen atoms in total. The Morgan fingerprint density at radius 3 is 2.54 bits per heavy atom.